The van der Waals surface area contributed by atoms with Crippen LogP contribution in [-0.4, -0.2) is 42.4 Å². The summed E-state index contributed by atoms with van der Waals surface area (Å²) in [5.74, 6) is -0.878. The van der Waals surface area contributed by atoms with E-state index in [-0.39, 0.29) is 16.5 Å². The van der Waals surface area contributed by atoms with E-state index in [9.17, 15) is 9.59 Å². The lowest BCUT2D eigenvalue weighted by atomic mass is 10.1. The van der Waals surface area contributed by atoms with Crippen LogP contribution >= 0.6 is 23.2 Å². The number of hydrogen-bond acceptors (Lipinski definition) is 3. The van der Waals surface area contributed by atoms with Gasteiger partial charge in [-0.15, -0.1) is 0 Å². The van der Waals surface area contributed by atoms with Gasteiger partial charge in [0.2, 0.25) is 5.91 Å². The number of nitrogens with two attached hydrogens (primary N) is 1. The van der Waals surface area contributed by atoms with Crippen LogP contribution in [0, 0.1) is 0 Å². The molecule has 1 aliphatic heterocycles. The van der Waals surface area contributed by atoms with Gasteiger partial charge in [-0.1, -0.05) is 29.3 Å². The molecule has 1 aromatic carbocycles. The van der Waals surface area contributed by atoms with Crippen LogP contribution in [0.2, 0.25) is 10.0 Å². The van der Waals surface area contributed by atoms with Crippen LogP contribution < -0.4 is 11.1 Å². The van der Waals surface area contributed by atoms with Crippen LogP contribution in [0.5, 0.6) is 0 Å². The molecule has 1 atom stereocenters. The van der Waals surface area contributed by atoms with Crippen LogP contribution in [0.1, 0.15) is 10.4 Å². The Labute approximate surface area is 120 Å². The Morgan fingerprint density at radius 1 is 1.37 bits per heavy atom. The van der Waals surface area contributed by atoms with E-state index in [1.165, 1.54) is 4.90 Å². The molecule has 7 heteroatoms. The first-order valence-corrected chi connectivity index (χ1v) is 6.53. The summed E-state index contributed by atoms with van der Waals surface area (Å²) in [5.41, 5.74) is 5.59. The first-order valence-electron chi connectivity index (χ1n) is 5.77. The SMILES string of the molecule is NC(=O)C1CNCCN1C(=O)c1cccc(Cl)c1Cl. The Hall–Kier alpha value is -1.30. The number of nitrogens with zero attached hydrogens (tertiary/aromatic N) is 1. The molecule has 1 unspecified atom stereocenters. The average molecular weight is 302 g/mol. The van der Waals surface area contributed by atoms with Gasteiger partial charge in [0.05, 0.1) is 15.6 Å². The Morgan fingerprint density at radius 3 is 2.79 bits per heavy atom. The largest absolute Gasteiger partial charge is 0.368 e. The second-order valence-corrected chi connectivity index (χ2v) is 5.01. The van der Waals surface area contributed by atoms with E-state index in [1.807, 2.05) is 0 Å². The Kier molecular flexibility index (Phi) is 4.29. The second-order valence-electron chi connectivity index (χ2n) is 4.22. The maximum atomic E-state index is 12.4. The molecule has 3 N–H and O–H groups in total. The quantitative estimate of drug-likeness (QED) is 0.852. The van der Waals surface area contributed by atoms with Gasteiger partial charge in [0.25, 0.3) is 5.91 Å². The molecule has 1 aromatic rings. The molecule has 5 nitrogen and oxygen atoms in total. The van der Waals surface area contributed by atoms with Crippen LogP contribution in [0.3, 0.4) is 0 Å². The number of carbonyl (C=O) groups is 2. The maximum absolute atomic E-state index is 12.4. The van der Waals surface area contributed by atoms with Gasteiger partial charge in [-0.3, -0.25) is 9.59 Å². The fraction of sp³-hybridized carbons (Fsp3) is 0.333. The molecule has 1 aliphatic rings. The Morgan fingerprint density at radius 2 is 2.11 bits per heavy atom. The number of nitrogens with one attached hydrogen (secondary N) is 1. The highest BCUT2D eigenvalue weighted by Gasteiger charge is 2.32. The van der Waals surface area contributed by atoms with E-state index >= 15 is 0 Å². The Balaban J connectivity index is 2.31. The van der Waals surface area contributed by atoms with E-state index in [0.29, 0.717) is 24.7 Å². The number of benzene rings is 1. The fourth-order valence-electron chi connectivity index (χ4n) is 2.03. The summed E-state index contributed by atoms with van der Waals surface area (Å²) in [6, 6.07) is 4.15. The standard InChI is InChI=1S/C12H13Cl2N3O2/c13-8-3-1-2-7(10(8)14)12(19)17-5-4-16-6-9(17)11(15)18/h1-3,9,16H,4-6H2,(H2,15,18). The predicted octanol–water partition coefficient (Wildman–Crippen LogP) is 0.893. The third-order valence-electron chi connectivity index (χ3n) is 3.01. The van der Waals surface area contributed by atoms with Gasteiger partial charge in [0.1, 0.15) is 6.04 Å². The first kappa shape index (κ1) is 14.1. The van der Waals surface area contributed by atoms with E-state index in [2.05, 4.69) is 5.32 Å². The zero-order chi connectivity index (χ0) is 14.0. The van der Waals surface area contributed by atoms with Crippen molar-refractivity contribution in [1.29, 1.82) is 0 Å². The smallest absolute Gasteiger partial charge is 0.256 e. The minimum absolute atomic E-state index is 0.191. The molecule has 1 saturated heterocycles. The molecule has 0 saturated carbocycles. The lowest BCUT2D eigenvalue weighted by molar-refractivity contribution is -0.122. The van der Waals surface area contributed by atoms with E-state index in [0.717, 1.165) is 0 Å². The number of halogens is 2. The molecule has 102 valence electrons. The van der Waals surface area contributed by atoms with E-state index < -0.39 is 11.9 Å². The molecule has 0 aromatic heterocycles. The zero-order valence-electron chi connectivity index (χ0n) is 10.0. The number of primary amides is 1. The van der Waals surface area contributed by atoms with Gasteiger partial charge in [0.15, 0.2) is 0 Å². The number of hydrogen-bond donors (Lipinski definition) is 2. The highest BCUT2D eigenvalue weighted by atomic mass is 35.5. The van der Waals surface area contributed by atoms with Gasteiger partial charge in [-0.25, -0.2) is 0 Å². The van der Waals surface area contributed by atoms with Gasteiger partial charge in [-0.2, -0.15) is 0 Å². The third kappa shape index (κ3) is 2.83. The maximum Gasteiger partial charge on any atom is 0.256 e. The first-order chi connectivity index (χ1) is 9.02. The van der Waals surface area contributed by atoms with Crippen molar-refractivity contribution < 1.29 is 9.59 Å². The summed E-state index contributed by atoms with van der Waals surface area (Å²) in [7, 11) is 0. The molecule has 2 amide bonds. The summed E-state index contributed by atoms with van der Waals surface area (Å²) >= 11 is 11.9. The minimum atomic E-state index is -0.670. The molecular weight excluding hydrogens is 289 g/mol. The van der Waals surface area contributed by atoms with Crippen molar-refractivity contribution in [3.63, 3.8) is 0 Å². The van der Waals surface area contributed by atoms with Crippen molar-refractivity contribution in [1.82, 2.24) is 10.2 Å². The average Bonchev–Trinajstić information content (AvgIpc) is 2.41. The van der Waals surface area contributed by atoms with Gasteiger partial charge >= 0.3 is 0 Å². The van der Waals surface area contributed by atoms with Crippen LogP contribution in [0.15, 0.2) is 18.2 Å². The highest BCUT2D eigenvalue weighted by Crippen LogP contribution is 2.27. The van der Waals surface area contributed by atoms with E-state index in [4.69, 9.17) is 28.9 Å². The predicted molar refractivity (Wildman–Crippen MR) is 73.4 cm³/mol. The molecule has 0 spiro atoms. The molecule has 1 heterocycles. The number of carbonyl (C=O) groups excluding carboxylic acids is 2. The molecule has 2 rings (SSSR count). The van der Waals surface area contributed by atoms with Gasteiger partial charge in [0, 0.05) is 19.6 Å². The highest BCUT2D eigenvalue weighted by molar-refractivity contribution is 6.43. The van der Waals surface area contributed by atoms with Crippen LogP contribution in [-0.2, 0) is 4.79 Å². The third-order valence-corrected chi connectivity index (χ3v) is 3.83. The summed E-state index contributed by atoms with van der Waals surface area (Å²) in [6.45, 7) is 1.35. The topological polar surface area (TPSA) is 75.4 Å². The summed E-state index contributed by atoms with van der Waals surface area (Å²) in [6.07, 6.45) is 0. The second kappa shape index (κ2) is 5.77. The fourth-order valence-corrected chi connectivity index (χ4v) is 2.41. The van der Waals surface area contributed by atoms with Crippen LogP contribution in [0.25, 0.3) is 0 Å². The van der Waals surface area contributed by atoms with Crippen molar-refractivity contribution in [3.05, 3.63) is 33.8 Å². The molecular formula is C12H13Cl2N3O2. The number of piperazine rings is 1. The monoisotopic (exact) mass is 301 g/mol. The molecule has 19 heavy (non-hydrogen) atoms. The summed E-state index contributed by atoms with van der Waals surface area (Å²) < 4.78 is 0. The number of rotatable bonds is 2. The van der Waals surface area contributed by atoms with Crippen molar-refractivity contribution in [2.75, 3.05) is 19.6 Å². The van der Waals surface area contributed by atoms with Crippen molar-refractivity contribution in [3.8, 4) is 0 Å². The molecule has 0 bridgehead atoms. The van der Waals surface area contributed by atoms with Crippen molar-refractivity contribution >= 4 is 35.0 Å². The molecule has 0 aliphatic carbocycles. The normalized spacial score (nSPS) is 19.3. The van der Waals surface area contributed by atoms with Crippen molar-refractivity contribution in [2.24, 2.45) is 5.73 Å². The summed E-state index contributed by atoms with van der Waals surface area (Å²) in [4.78, 5) is 25.2. The lowest BCUT2D eigenvalue weighted by Gasteiger charge is -2.34. The molecule has 0 radical (unpaired) electrons. The van der Waals surface area contributed by atoms with Gasteiger partial charge < -0.3 is 16.0 Å². The van der Waals surface area contributed by atoms with Crippen molar-refractivity contribution in [2.45, 2.75) is 6.04 Å². The zero-order valence-corrected chi connectivity index (χ0v) is 11.5. The number of amides is 2. The van der Waals surface area contributed by atoms with Gasteiger partial charge in [-0.05, 0) is 12.1 Å². The minimum Gasteiger partial charge on any atom is -0.368 e. The van der Waals surface area contributed by atoms with E-state index in [1.54, 1.807) is 18.2 Å². The lowest BCUT2D eigenvalue weighted by Crippen LogP contribution is -2.58. The Bertz CT molecular complexity index is 522. The summed E-state index contributed by atoms with van der Waals surface area (Å²) in [5, 5.41) is 3.52. The van der Waals surface area contributed by atoms with Crippen LogP contribution in [0.4, 0.5) is 0 Å². The molecule has 1 fully saturated rings.